The van der Waals surface area contributed by atoms with Crippen molar-refractivity contribution in [2.45, 2.75) is 12.5 Å². The van der Waals surface area contributed by atoms with Crippen molar-refractivity contribution in [3.05, 3.63) is 42.1 Å². The molecule has 1 aliphatic heterocycles. The van der Waals surface area contributed by atoms with E-state index in [1.807, 2.05) is 30.3 Å². The molecule has 5 nitrogen and oxygen atoms in total. The van der Waals surface area contributed by atoms with E-state index in [2.05, 4.69) is 5.16 Å². The lowest BCUT2D eigenvalue weighted by Crippen LogP contribution is -2.32. The monoisotopic (exact) mass is 293 g/mol. The molecule has 6 heteroatoms. The van der Waals surface area contributed by atoms with Gasteiger partial charge in [-0.25, -0.2) is 0 Å². The second kappa shape index (κ2) is 6.07. The summed E-state index contributed by atoms with van der Waals surface area (Å²) < 4.78 is 5.23. The van der Waals surface area contributed by atoms with E-state index in [1.165, 1.54) is 0 Å². The molecule has 0 spiro atoms. The Kier molecular flexibility index (Phi) is 4.42. The van der Waals surface area contributed by atoms with Crippen molar-refractivity contribution in [1.82, 2.24) is 10.1 Å². The number of likely N-dealkylation sites (tertiary alicyclic amines) is 1. The summed E-state index contributed by atoms with van der Waals surface area (Å²) in [6.07, 6.45) is 0.842. The molecule has 0 unspecified atom stereocenters. The van der Waals surface area contributed by atoms with Crippen LogP contribution in [0.25, 0.3) is 11.3 Å². The van der Waals surface area contributed by atoms with Gasteiger partial charge >= 0.3 is 0 Å². The van der Waals surface area contributed by atoms with Crippen LogP contribution < -0.4 is 5.73 Å². The predicted molar refractivity (Wildman–Crippen MR) is 77.7 cm³/mol. The van der Waals surface area contributed by atoms with Gasteiger partial charge in [-0.3, -0.25) is 4.79 Å². The summed E-state index contributed by atoms with van der Waals surface area (Å²) in [5.74, 6) is 0.492. The quantitative estimate of drug-likeness (QED) is 0.918. The largest absolute Gasteiger partial charge is 0.355 e. The summed E-state index contributed by atoms with van der Waals surface area (Å²) in [5.41, 5.74) is 7.05. The molecule has 1 aromatic carbocycles. The summed E-state index contributed by atoms with van der Waals surface area (Å²) in [6.45, 7) is 1.28. The highest BCUT2D eigenvalue weighted by atomic mass is 35.5. The van der Waals surface area contributed by atoms with Gasteiger partial charge in [0.15, 0.2) is 11.5 Å². The number of nitrogens with two attached hydrogens (primary N) is 1. The SMILES string of the molecule is Cl.N[C@@H]1CCN(C(=O)c2cc(-c3ccccc3)on2)C1. The molecule has 1 aromatic heterocycles. The van der Waals surface area contributed by atoms with Gasteiger partial charge in [-0.15, -0.1) is 12.4 Å². The fourth-order valence-electron chi connectivity index (χ4n) is 2.25. The smallest absolute Gasteiger partial charge is 0.276 e. The molecule has 2 aromatic rings. The van der Waals surface area contributed by atoms with Crippen molar-refractivity contribution < 1.29 is 9.32 Å². The maximum Gasteiger partial charge on any atom is 0.276 e. The van der Waals surface area contributed by atoms with E-state index in [-0.39, 0.29) is 24.4 Å². The van der Waals surface area contributed by atoms with Crippen LogP contribution >= 0.6 is 12.4 Å². The average Bonchev–Trinajstić information content (AvgIpc) is 3.08. The standard InChI is InChI=1S/C14H15N3O2.ClH/c15-11-6-7-17(9-11)14(18)12-8-13(19-16-12)10-4-2-1-3-5-10;/h1-5,8,11H,6-7,9,15H2;1H/t11-;/m1./s1. The third-order valence-corrected chi connectivity index (χ3v) is 3.30. The van der Waals surface area contributed by atoms with Crippen molar-refractivity contribution in [1.29, 1.82) is 0 Å². The first-order chi connectivity index (χ1) is 9.24. The summed E-state index contributed by atoms with van der Waals surface area (Å²) in [6, 6.07) is 11.3. The number of hydrogen-bond acceptors (Lipinski definition) is 4. The zero-order chi connectivity index (χ0) is 13.2. The molecule has 0 radical (unpaired) electrons. The molecule has 1 amide bonds. The van der Waals surface area contributed by atoms with Gasteiger partial charge in [0, 0.05) is 30.8 Å². The first kappa shape index (κ1) is 14.6. The van der Waals surface area contributed by atoms with Gasteiger partial charge in [0.2, 0.25) is 0 Å². The van der Waals surface area contributed by atoms with E-state index in [0.29, 0.717) is 24.5 Å². The highest BCUT2D eigenvalue weighted by molar-refractivity contribution is 5.93. The van der Waals surface area contributed by atoms with Crippen molar-refractivity contribution in [2.75, 3.05) is 13.1 Å². The summed E-state index contributed by atoms with van der Waals surface area (Å²) in [4.78, 5) is 13.9. The van der Waals surface area contributed by atoms with Crippen LogP contribution in [0.1, 0.15) is 16.9 Å². The van der Waals surface area contributed by atoms with Crippen molar-refractivity contribution in [3.63, 3.8) is 0 Å². The fourth-order valence-corrected chi connectivity index (χ4v) is 2.25. The molecule has 3 rings (SSSR count). The molecular weight excluding hydrogens is 278 g/mol. The van der Waals surface area contributed by atoms with Crippen LogP contribution in [0.2, 0.25) is 0 Å². The zero-order valence-electron chi connectivity index (χ0n) is 10.9. The molecule has 0 aliphatic carbocycles. The molecule has 2 N–H and O–H groups in total. The average molecular weight is 294 g/mol. The second-order valence-electron chi connectivity index (χ2n) is 4.74. The van der Waals surface area contributed by atoms with Crippen LogP contribution in [0.5, 0.6) is 0 Å². The number of carbonyl (C=O) groups is 1. The van der Waals surface area contributed by atoms with E-state index in [4.69, 9.17) is 10.3 Å². The molecule has 1 saturated heterocycles. The molecule has 2 heterocycles. The van der Waals surface area contributed by atoms with Gasteiger partial charge in [0.25, 0.3) is 5.91 Å². The Hall–Kier alpha value is -1.85. The number of carbonyl (C=O) groups excluding carboxylic acids is 1. The van der Waals surface area contributed by atoms with Crippen LogP contribution in [0.3, 0.4) is 0 Å². The van der Waals surface area contributed by atoms with Gasteiger partial charge in [-0.2, -0.15) is 0 Å². The maximum absolute atomic E-state index is 12.2. The number of benzene rings is 1. The summed E-state index contributed by atoms with van der Waals surface area (Å²) >= 11 is 0. The van der Waals surface area contributed by atoms with Crippen LogP contribution in [0.4, 0.5) is 0 Å². The zero-order valence-corrected chi connectivity index (χ0v) is 11.7. The lowest BCUT2D eigenvalue weighted by Gasteiger charge is -2.12. The normalized spacial score (nSPS) is 17.9. The molecule has 20 heavy (non-hydrogen) atoms. The molecule has 106 valence electrons. The lowest BCUT2D eigenvalue weighted by atomic mass is 10.1. The summed E-state index contributed by atoms with van der Waals surface area (Å²) in [7, 11) is 0. The minimum atomic E-state index is -0.112. The number of amides is 1. The van der Waals surface area contributed by atoms with Gasteiger partial charge in [-0.1, -0.05) is 35.5 Å². The Morgan fingerprint density at radius 1 is 1.35 bits per heavy atom. The summed E-state index contributed by atoms with van der Waals surface area (Å²) in [5, 5.41) is 3.86. The molecule has 0 bridgehead atoms. The number of nitrogens with zero attached hydrogens (tertiary/aromatic N) is 2. The van der Waals surface area contributed by atoms with Crippen molar-refractivity contribution in [3.8, 4) is 11.3 Å². The molecule has 0 saturated carbocycles. The van der Waals surface area contributed by atoms with Crippen molar-refractivity contribution >= 4 is 18.3 Å². The number of halogens is 1. The van der Waals surface area contributed by atoms with E-state index in [0.717, 1.165) is 12.0 Å². The van der Waals surface area contributed by atoms with Crippen LogP contribution in [0, 0.1) is 0 Å². The van der Waals surface area contributed by atoms with E-state index in [1.54, 1.807) is 11.0 Å². The molecule has 1 atom stereocenters. The molecule has 1 aliphatic rings. The van der Waals surface area contributed by atoms with Crippen LogP contribution in [-0.4, -0.2) is 35.1 Å². The van der Waals surface area contributed by atoms with Gasteiger partial charge in [0.05, 0.1) is 0 Å². The maximum atomic E-state index is 12.2. The highest BCUT2D eigenvalue weighted by Crippen LogP contribution is 2.21. The van der Waals surface area contributed by atoms with Crippen molar-refractivity contribution in [2.24, 2.45) is 5.73 Å². The van der Waals surface area contributed by atoms with Crippen LogP contribution in [0.15, 0.2) is 40.9 Å². The Balaban J connectivity index is 0.00000147. The first-order valence-corrected chi connectivity index (χ1v) is 6.31. The highest BCUT2D eigenvalue weighted by Gasteiger charge is 2.26. The number of rotatable bonds is 2. The lowest BCUT2D eigenvalue weighted by molar-refractivity contribution is 0.0780. The minimum absolute atomic E-state index is 0. The minimum Gasteiger partial charge on any atom is -0.355 e. The second-order valence-corrected chi connectivity index (χ2v) is 4.74. The number of hydrogen-bond donors (Lipinski definition) is 1. The predicted octanol–water partition coefficient (Wildman–Crippen LogP) is 1.94. The van der Waals surface area contributed by atoms with E-state index >= 15 is 0 Å². The Morgan fingerprint density at radius 2 is 2.10 bits per heavy atom. The Bertz CT molecular complexity index is 585. The Morgan fingerprint density at radius 3 is 2.75 bits per heavy atom. The fraction of sp³-hybridized carbons (Fsp3) is 0.286. The topological polar surface area (TPSA) is 72.4 Å². The first-order valence-electron chi connectivity index (χ1n) is 6.31. The Labute approximate surface area is 123 Å². The number of aromatic nitrogens is 1. The third kappa shape index (κ3) is 2.84. The van der Waals surface area contributed by atoms with Gasteiger partial charge in [0.1, 0.15) is 0 Å². The molecule has 1 fully saturated rings. The van der Waals surface area contributed by atoms with E-state index < -0.39 is 0 Å². The van der Waals surface area contributed by atoms with Crippen LogP contribution in [-0.2, 0) is 0 Å². The third-order valence-electron chi connectivity index (χ3n) is 3.30. The van der Waals surface area contributed by atoms with E-state index in [9.17, 15) is 4.79 Å². The van der Waals surface area contributed by atoms with Gasteiger partial charge in [-0.05, 0) is 6.42 Å². The molecular formula is C14H16ClN3O2. The van der Waals surface area contributed by atoms with Gasteiger partial charge < -0.3 is 15.2 Å².